The molecule has 1 heterocycles. The number of rotatable bonds is 4. The molecule has 0 saturated heterocycles. The average molecular weight is 297 g/mol. The molecular formula is C12H12FN3O3S. The summed E-state index contributed by atoms with van der Waals surface area (Å²) in [6.07, 6.45) is 1.94. The predicted molar refractivity (Wildman–Crippen MR) is 68.2 cm³/mol. The molecular weight excluding hydrogens is 285 g/mol. The van der Waals surface area contributed by atoms with Gasteiger partial charge in [-0.2, -0.15) is 4.98 Å². The van der Waals surface area contributed by atoms with Crippen molar-refractivity contribution in [1.82, 2.24) is 10.1 Å². The van der Waals surface area contributed by atoms with E-state index in [1.54, 1.807) is 0 Å². The molecule has 0 amide bonds. The number of hydrogen-bond acceptors (Lipinski definition) is 5. The first-order chi connectivity index (χ1) is 9.47. The Morgan fingerprint density at radius 1 is 1.40 bits per heavy atom. The van der Waals surface area contributed by atoms with Gasteiger partial charge in [-0.1, -0.05) is 6.07 Å². The minimum absolute atomic E-state index is 0.0471. The van der Waals surface area contributed by atoms with Crippen LogP contribution in [0, 0.1) is 12.7 Å². The topological polar surface area (TPSA) is 85.1 Å². The second-order valence-electron chi connectivity index (χ2n) is 4.70. The molecule has 0 radical (unpaired) electrons. The Morgan fingerprint density at radius 3 is 2.85 bits per heavy atom. The monoisotopic (exact) mass is 297 g/mol. The number of anilines is 1. The fraction of sp³-hybridized carbons (Fsp3) is 0.333. The summed E-state index contributed by atoms with van der Waals surface area (Å²) in [7, 11) is -3.93. The maximum atomic E-state index is 13.4. The Morgan fingerprint density at radius 2 is 2.15 bits per heavy atom. The van der Waals surface area contributed by atoms with Gasteiger partial charge in [0.15, 0.2) is 0 Å². The zero-order valence-corrected chi connectivity index (χ0v) is 11.4. The Bertz CT molecular complexity index is 753. The van der Waals surface area contributed by atoms with Crippen LogP contribution in [0.5, 0.6) is 0 Å². The van der Waals surface area contributed by atoms with Gasteiger partial charge < -0.3 is 4.52 Å². The van der Waals surface area contributed by atoms with Gasteiger partial charge in [0.2, 0.25) is 5.89 Å². The number of hydrogen-bond donors (Lipinski definition) is 1. The summed E-state index contributed by atoms with van der Waals surface area (Å²) in [5.74, 6) is -0.0504. The summed E-state index contributed by atoms with van der Waals surface area (Å²) in [6, 6.07) is 3.86. The molecule has 20 heavy (non-hydrogen) atoms. The van der Waals surface area contributed by atoms with E-state index in [2.05, 4.69) is 14.9 Å². The van der Waals surface area contributed by atoms with E-state index in [4.69, 9.17) is 4.52 Å². The molecule has 3 rings (SSSR count). The third-order valence-electron chi connectivity index (χ3n) is 3.10. The molecule has 1 aliphatic rings. The molecule has 8 heteroatoms. The van der Waals surface area contributed by atoms with Crippen LogP contribution < -0.4 is 4.72 Å². The molecule has 0 atom stereocenters. The minimum Gasteiger partial charge on any atom is -0.337 e. The molecule has 106 valence electrons. The molecule has 0 spiro atoms. The number of nitrogens with one attached hydrogen (secondary N) is 1. The molecule has 1 aromatic carbocycles. The third kappa shape index (κ3) is 2.38. The average Bonchev–Trinajstić information content (AvgIpc) is 3.14. The maximum Gasteiger partial charge on any atom is 0.277 e. The molecule has 6 nitrogen and oxygen atoms in total. The Kier molecular flexibility index (Phi) is 2.97. The number of nitrogens with zero attached hydrogens (tertiary/aromatic N) is 2. The SMILES string of the molecule is Cc1c(F)cccc1S(=O)(=O)Nc1noc(C2CC2)n1. The van der Waals surface area contributed by atoms with Gasteiger partial charge in [-0.15, -0.1) is 0 Å². The van der Waals surface area contributed by atoms with Gasteiger partial charge in [-0.05, 0) is 37.1 Å². The lowest BCUT2D eigenvalue weighted by atomic mass is 10.2. The smallest absolute Gasteiger partial charge is 0.277 e. The van der Waals surface area contributed by atoms with Crippen molar-refractivity contribution >= 4 is 16.0 Å². The molecule has 1 N–H and O–H groups in total. The number of aromatic nitrogens is 2. The molecule has 0 bridgehead atoms. The highest BCUT2D eigenvalue weighted by atomic mass is 32.2. The number of halogens is 1. The Hall–Kier alpha value is -1.96. The van der Waals surface area contributed by atoms with Crippen LogP contribution in [0.1, 0.15) is 30.2 Å². The van der Waals surface area contributed by atoms with Gasteiger partial charge in [-0.3, -0.25) is 0 Å². The normalized spacial score (nSPS) is 15.3. The van der Waals surface area contributed by atoms with E-state index in [1.807, 2.05) is 0 Å². The molecule has 0 aliphatic heterocycles. The number of benzene rings is 1. The van der Waals surface area contributed by atoms with Crippen LogP contribution in [-0.4, -0.2) is 18.6 Å². The van der Waals surface area contributed by atoms with Crippen molar-refractivity contribution in [3.63, 3.8) is 0 Å². The van der Waals surface area contributed by atoms with Crippen LogP contribution >= 0.6 is 0 Å². The van der Waals surface area contributed by atoms with Crippen molar-refractivity contribution in [2.24, 2.45) is 0 Å². The van der Waals surface area contributed by atoms with Crippen LogP contribution in [0.4, 0.5) is 10.3 Å². The second kappa shape index (κ2) is 4.55. The van der Waals surface area contributed by atoms with Crippen molar-refractivity contribution in [2.45, 2.75) is 30.6 Å². The van der Waals surface area contributed by atoms with E-state index >= 15 is 0 Å². The molecule has 0 unspecified atom stereocenters. The summed E-state index contributed by atoms with van der Waals surface area (Å²) >= 11 is 0. The summed E-state index contributed by atoms with van der Waals surface area (Å²) in [5, 5.41) is 3.57. The van der Waals surface area contributed by atoms with Crippen molar-refractivity contribution in [1.29, 1.82) is 0 Å². The van der Waals surface area contributed by atoms with E-state index in [-0.39, 0.29) is 22.3 Å². The van der Waals surface area contributed by atoms with Crippen LogP contribution in [0.2, 0.25) is 0 Å². The summed E-state index contributed by atoms with van der Waals surface area (Å²) in [5.41, 5.74) is 0.0471. The van der Waals surface area contributed by atoms with E-state index < -0.39 is 15.8 Å². The zero-order chi connectivity index (χ0) is 14.3. The van der Waals surface area contributed by atoms with Gasteiger partial charge in [0.25, 0.3) is 16.0 Å². The van der Waals surface area contributed by atoms with Crippen LogP contribution in [0.25, 0.3) is 0 Å². The van der Waals surface area contributed by atoms with E-state index in [0.29, 0.717) is 5.89 Å². The third-order valence-corrected chi connectivity index (χ3v) is 4.57. The minimum atomic E-state index is -3.93. The van der Waals surface area contributed by atoms with Gasteiger partial charge in [-0.25, -0.2) is 17.5 Å². The molecule has 1 saturated carbocycles. The lowest BCUT2D eigenvalue weighted by Crippen LogP contribution is -2.15. The second-order valence-corrected chi connectivity index (χ2v) is 6.35. The van der Waals surface area contributed by atoms with Gasteiger partial charge in [0.1, 0.15) is 5.82 Å². The summed E-state index contributed by atoms with van der Waals surface area (Å²) in [6.45, 7) is 1.40. The maximum absolute atomic E-state index is 13.4. The highest BCUT2D eigenvalue weighted by Gasteiger charge is 2.30. The largest absolute Gasteiger partial charge is 0.337 e. The molecule has 1 fully saturated rings. The molecule has 2 aromatic rings. The van der Waals surface area contributed by atoms with E-state index in [9.17, 15) is 12.8 Å². The van der Waals surface area contributed by atoms with E-state index in [1.165, 1.54) is 25.1 Å². The van der Waals surface area contributed by atoms with Crippen molar-refractivity contribution in [3.05, 3.63) is 35.5 Å². The van der Waals surface area contributed by atoms with Crippen molar-refractivity contribution < 1.29 is 17.3 Å². The van der Waals surface area contributed by atoms with Crippen LogP contribution in [0.15, 0.2) is 27.6 Å². The summed E-state index contributed by atoms with van der Waals surface area (Å²) < 4.78 is 44.9. The standard InChI is InChI=1S/C12H12FN3O3S/c1-7-9(13)3-2-4-10(7)20(17,18)16-12-14-11(19-15-12)8-5-6-8/h2-4,8H,5-6H2,1H3,(H,15,16). The molecule has 1 aliphatic carbocycles. The lowest BCUT2D eigenvalue weighted by molar-refractivity contribution is 0.380. The first kappa shape index (κ1) is 13.0. The predicted octanol–water partition coefficient (Wildman–Crippen LogP) is 2.20. The summed E-state index contributed by atoms with van der Waals surface area (Å²) in [4.78, 5) is 3.83. The fourth-order valence-electron chi connectivity index (χ4n) is 1.83. The zero-order valence-electron chi connectivity index (χ0n) is 10.6. The van der Waals surface area contributed by atoms with Crippen LogP contribution in [-0.2, 0) is 10.0 Å². The Labute approximate surface area is 115 Å². The highest BCUT2D eigenvalue weighted by Crippen LogP contribution is 2.39. The van der Waals surface area contributed by atoms with Gasteiger partial charge in [0.05, 0.1) is 4.90 Å². The van der Waals surface area contributed by atoms with Crippen LogP contribution in [0.3, 0.4) is 0 Å². The van der Waals surface area contributed by atoms with Crippen molar-refractivity contribution in [2.75, 3.05) is 4.72 Å². The van der Waals surface area contributed by atoms with Gasteiger partial charge >= 0.3 is 0 Å². The Balaban J connectivity index is 1.89. The van der Waals surface area contributed by atoms with Gasteiger partial charge in [0, 0.05) is 11.5 Å². The first-order valence-corrected chi connectivity index (χ1v) is 7.57. The number of sulfonamides is 1. The van der Waals surface area contributed by atoms with Crippen molar-refractivity contribution in [3.8, 4) is 0 Å². The lowest BCUT2D eigenvalue weighted by Gasteiger charge is -2.07. The highest BCUT2D eigenvalue weighted by molar-refractivity contribution is 7.92. The molecule has 1 aromatic heterocycles. The first-order valence-electron chi connectivity index (χ1n) is 6.09. The quantitative estimate of drug-likeness (QED) is 0.935. The fourth-order valence-corrected chi connectivity index (χ4v) is 3.02. The van der Waals surface area contributed by atoms with E-state index in [0.717, 1.165) is 12.8 Å².